The molecule has 1 aromatic heterocycles. The van der Waals surface area contributed by atoms with Crippen LogP contribution in [-0.4, -0.2) is 21.6 Å². The first kappa shape index (κ1) is 13.6. The topological polar surface area (TPSA) is 46.9 Å². The second-order valence-electron chi connectivity index (χ2n) is 4.97. The molecule has 0 aliphatic rings. The molecule has 2 rings (SSSR count). The van der Waals surface area contributed by atoms with Gasteiger partial charge in [-0.2, -0.15) is 5.10 Å². The molecule has 0 saturated carbocycles. The summed E-state index contributed by atoms with van der Waals surface area (Å²) in [5, 5.41) is 7.03. The van der Waals surface area contributed by atoms with Crippen LogP contribution in [-0.2, 0) is 4.79 Å². The van der Waals surface area contributed by atoms with Gasteiger partial charge in [0.25, 0.3) is 0 Å². The van der Waals surface area contributed by atoms with Crippen molar-refractivity contribution in [2.24, 2.45) is 5.41 Å². The predicted octanol–water partition coefficient (Wildman–Crippen LogP) is 3.08. The molecule has 0 saturated heterocycles. The van der Waals surface area contributed by atoms with Gasteiger partial charge in [-0.05, 0) is 38.1 Å². The van der Waals surface area contributed by atoms with Crippen molar-refractivity contribution in [1.29, 1.82) is 0 Å². The molecule has 0 spiro atoms. The molecule has 0 radical (unpaired) electrons. The van der Waals surface area contributed by atoms with Gasteiger partial charge in [-0.3, -0.25) is 4.79 Å². The number of nitrogens with zero attached hydrogens (tertiary/aromatic N) is 2. The third-order valence-electron chi connectivity index (χ3n) is 2.82. The van der Waals surface area contributed by atoms with Gasteiger partial charge in [0, 0.05) is 24.0 Å². The molecule has 1 amide bonds. The van der Waals surface area contributed by atoms with E-state index in [1.807, 2.05) is 50.4 Å². The Bertz CT molecular complexity index is 564. The van der Waals surface area contributed by atoms with Crippen molar-refractivity contribution in [3.05, 3.63) is 42.7 Å². The summed E-state index contributed by atoms with van der Waals surface area (Å²) in [7, 11) is 0. The number of amides is 1. The van der Waals surface area contributed by atoms with Gasteiger partial charge in [0.2, 0.25) is 5.91 Å². The predicted molar refractivity (Wildman–Crippen MR) is 76.7 cm³/mol. The smallest absolute Gasteiger partial charge is 0.231 e. The molecule has 100 valence electrons. The number of alkyl halides is 1. The molecule has 1 aromatic carbocycles. The van der Waals surface area contributed by atoms with Crippen LogP contribution >= 0.6 is 11.6 Å². The first-order valence-corrected chi connectivity index (χ1v) is 6.54. The van der Waals surface area contributed by atoms with Crippen molar-refractivity contribution in [2.75, 3.05) is 11.2 Å². The molecule has 2 aromatic rings. The maximum Gasteiger partial charge on any atom is 0.231 e. The molecule has 0 atom stereocenters. The number of hydrogen-bond acceptors (Lipinski definition) is 2. The molecule has 1 heterocycles. The number of hydrogen-bond donors (Lipinski definition) is 1. The van der Waals surface area contributed by atoms with Gasteiger partial charge >= 0.3 is 0 Å². The SMILES string of the molecule is CC(C)(CCl)C(=O)Nc1cccc(-n2cccn2)c1. The lowest BCUT2D eigenvalue weighted by Crippen LogP contribution is -2.32. The average Bonchev–Trinajstić information content (AvgIpc) is 2.93. The van der Waals surface area contributed by atoms with Crippen LogP contribution in [0.15, 0.2) is 42.7 Å². The zero-order valence-corrected chi connectivity index (χ0v) is 11.7. The fourth-order valence-corrected chi connectivity index (χ4v) is 1.63. The molecule has 1 N–H and O–H groups in total. The first-order chi connectivity index (χ1) is 9.03. The highest BCUT2D eigenvalue weighted by atomic mass is 35.5. The summed E-state index contributed by atoms with van der Waals surface area (Å²) in [5.41, 5.74) is 1.03. The van der Waals surface area contributed by atoms with E-state index in [4.69, 9.17) is 11.6 Å². The number of rotatable bonds is 4. The third kappa shape index (κ3) is 3.15. The Kier molecular flexibility index (Phi) is 3.90. The highest BCUT2D eigenvalue weighted by Gasteiger charge is 2.26. The van der Waals surface area contributed by atoms with E-state index >= 15 is 0 Å². The molecular formula is C14H16ClN3O. The third-order valence-corrected chi connectivity index (χ3v) is 3.49. The second kappa shape index (κ2) is 5.45. The van der Waals surface area contributed by atoms with Crippen LogP contribution in [0.4, 0.5) is 5.69 Å². The zero-order chi connectivity index (χ0) is 13.9. The molecule has 4 nitrogen and oxygen atoms in total. The largest absolute Gasteiger partial charge is 0.326 e. The monoisotopic (exact) mass is 277 g/mol. The number of nitrogens with one attached hydrogen (secondary N) is 1. The summed E-state index contributed by atoms with van der Waals surface area (Å²) in [4.78, 5) is 12.0. The fraction of sp³-hybridized carbons (Fsp3) is 0.286. The molecular weight excluding hydrogens is 262 g/mol. The number of carbonyl (C=O) groups is 1. The lowest BCUT2D eigenvalue weighted by Gasteiger charge is -2.20. The standard InChI is InChI=1S/C14H16ClN3O/c1-14(2,10-15)13(19)17-11-5-3-6-12(9-11)18-8-4-7-16-18/h3-9H,10H2,1-2H3,(H,17,19). The summed E-state index contributed by atoms with van der Waals surface area (Å²) < 4.78 is 1.74. The van der Waals surface area contributed by atoms with Crippen LogP contribution in [0.2, 0.25) is 0 Å². The van der Waals surface area contributed by atoms with E-state index < -0.39 is 5.41 Å². The van der Waals surface area contributed by atoms with Crippen LogP contribution in [0.5, 0.6) is 0 Å². The van der Waals surface area contributed by atoms with Gasteiger partial charge in [0.1, 0.15) is 0 Å². The van der Waals surface area contributed by atoms with Crippen LogP contribution < -0.4 is 5.32 Å². The molecule has 0 aliphatic heterocycles. The molecule has 5 heteroatoms. The Labute approximate surface area is 117 Å². The van der Waals surface area contributed by atoms with Crippen LogP contribution in [0.25, 0.3) is 5.69 Å². The van der Waals surface area contributed by atoms with Crippen molar-refractivity contribution in [1.82, 2.24) is 9.78 Å². The van der Waals surface area contributed by atoms with E-state index in [2.05, 4.69) is 10.4 Å². The molecule has 0 aliphatic carbocycles. The number of carbonyl (C=O) groups excluding carboxylic acids is 1. The average molecular weight is 278 g/mol. The van der Waals surface area contributed by atoms with Crippen molar-refractivity contribution in [3.63, 3.8) is 0 Å². The van der Waals surface area contributed by atoms with Crippen molar-refractivity contribution in [3.8, 4) is 5.69 Å². The van der Waals surface area contributed by atoms with Gasteiger partial charge < -0.3 is 5.32 Å². The summed E-state index contributed by atoms with van der Waals surface area (Å²) in [6.07, 6.45) is 3.56. The normalized spacial score (nSPS) is 11.3. The number of anilines is 1. The number of benzene rings is 1. The molecule has 0 bridgehead atoms. The quantitative estimate of drug-likeness (QED) is 0.873. The number of halogens is 1. The zero-order valence-electron chi connectivity index (χ0n) is 10.9. The minimum atomic E-state index is -0.594. The summed E-state index contributed by atoms with van der Waals surface area (Å²) in [5.74, 6) is 0.178. The Morgan fingerprint density at radius 2 is 2.21 bits per heavy atom. The summed E-state index contributed by atoms with van der Waals surface area (Å²) in [6.45, 7) is 3.62. The second-order valence-corrected chi connectivity index (χ2v) is 5.24. The highest BCUT2D eigenvalue weighted by molar-refractivity contribution is 6.20. The Hall–Kier alpha value is -1.81. The van der Waals surface area contributed by atoms with Gasteiger partial charge in [0.05, 0.1) is 11.1 Å². The maximum absolute atomic E-state index is 12.0. The van der Waals surface area contributed by atoms with E-state index in [-0.39, 0.29) is 11.8 Å². The van der Waals surface area contributed by atoms with Gasteiger partial charge in [-0.1, -0.05) is 6.07 Å². The Morgan fingerprint density at radius 3 is 2.84 bits per heavy atom. The van der Waals surface area contributed by atoms with Crippen LogP contribution in [0.1, 0.15) is 13.8 Å². The van der Waals surface area contributed by atoms with E-state index in [0.29, 0.717) is 0 Å². The van der Waals surface area contributed by atoms with E-state index in [0.717, 1.165) is 11.4 Å². The molecule has 0 fully saturated rings. The Morgan fingerprint density at radius 1 is 1.42 bits per heavy atom. The van der Waals surface area contributed by atoms with E-state index in [1.165, 1.54) is 0 Å². The van der Waals surface area contributed by atoms with Crippen molar-refractivity contribution >= 4 is 23.2 Å². The Balaban J connectivity index is 2.19. The van der Waals surface area contributed by atoms with Crippen LogP contribution in [0.3, 0.4) is 0 Å². The fourth-order valence-electron chi connectivity index (χ4n) is 1.51. The molecule has 19 heavy (non-hydrogen) atoms. The number of aromatic nitrogens is 2. The van der Waals surface area contributed by atoms with Gasteiger partial charge in [-0.15, -0.1) is 11.6 Å². The minimum Gasteiger partial charge on any atom is -0.326 e. The lowest BCUT2D eigenvalue weighted by molar-refractivity contribution is -0.122. The van der Waals surface area contributed by atoms with E-state index in [9.17, 15) is 4.79 Å². The summed E-state index contributed by atoms with van der Waals surface area (Å²) in [6, 6.07) is 9.36. The lowest BCUT2D eigenvalue weighted by atomic mass is 9.95. The maximum atomic E-state index is 12.0. The van der Waals surface area contributed by atoms with Crippen LogP contribution in [0, 0.1) is 5.41 Å². The molecule has 0 unspecified atom stereocenters. The minimum absolute atomic E-state index is 0.0971. The summed E-state index contributed by atoms with van der Waals surface area (Å²) >= 11 is 5.79. The van der Waals surface area contributed by atoms with Crippen molar-refractivity contribution < 1.29 is 4.79 Å². The highest BCUT2D eigenvalue weighted by Crippen LogP contribution is 2.21. The van der Waals surface area contributed by atoms with E-state index in [1.54, 1.807) is 10.9 Å². The van der Waals surface area contributed by atoms with Gasteiger partial charge in [-0.25, -0.2) is 4.68 Å². The van der Waals surface area contributed by atoms with Gasteiger partial charge in [0.15, 0.2) is 0 Å². The first-order valence-electron chi connectivity index (χ1n) is 6.00. The van der Waals surface area contributed by atoms with Crippen molar-refractivity contribution in [2.45, 2.75) is 13.8 Å².